The van der Waals surface area contributed by atoms with Gasteiger partial charge >= 0.3 is 0 Å². The van der Waals surface area contributed by atoms with Gasteiger partial charge in [-0.2, -0.15) is 0 Å². The summed E-state index contributed by atoms with van der Waals surface area (Å²) in [5.74, 6) is 3.82. The molecule has 0 amide bonds. The third-order valence-electron chi connectivity index (χ3n) is 4.69. The lowest BCUT2D eigenvalue weighted by atomic mass is 10.1. The van der Waals surface area contributed by atoms with E-state index in [1.165, 1.54) is 49.9 Å². The molecule has 1 aromatic rings. The third-order valence-corrected chi connectivity index (χ3v) is 4.69. The van der Waals surface area contributed by atoms with Crippen LogP contribution in [0.3, 0.4) is 0 Å². The predicted molar refractivity (Wildman–Crippen MR) is 83.6 cm³/mol. The van der Waals surface area contributed by atoms with Gasteiger partial charge in [-0.1, -0.05) is 12.8 Å². The number of hydrogen-bond donors (Lipinski definition) is 1. The molecule has 4 nitrogen and oxygen atoms in total. The Hall–Kier alpha value is -1.32. The highest BCUT2D eigenvalue weighted by Crippen LogP contribution is 2.40. The van der Waals surface area contributed by atoms with Crippen molar-refractivity contribution in [1.29, 1.82) is 0 Å². The molecule has 2 aliphatic carbocycles. The quantitative estimate of drug-likeness (QED) is 0.892. The van der Waals surface area contributed by atoms with Crippen LogP contribution in [0.15, 0.2) is 0 Å². The Bertz CT molecular complexity index is 476. The molecule has 1 N–H and O–H groups in total. The molecule has 2 aliphatic rings. The van der Waals surface area contributed by atoms with E-state index >= 15 is 0 Å². The van der Waals surface area contributed by atoms with Crippen LogP contribution >= 0.6 is 0 Å². The minimum atomic E-state index is 0.601. The van der Waals surface area contributed by atoms with E-state index in [0.717, 1.165) is 18.2 Å². The summed E-state index contributed by atoms with van der Waals surface area (Å²) in [7, 11) is 1.96. The van der Waals surface area contributed by atoms with E-state index in [1.54, 1.807) is 0 Å². The zero-order valence-corrected chi connectivity index (χ0v) is 12.9. The minimum absolute atomic E-state index is 0.601. The van der Waals surface area contributed by atoms with Crippen LogP contribution in [0.1, 0.15) is 62.8 Å². The Balaban J connectivity index is 1.98. The Kier molecular flexibility index (Phi) is 3.81. The van der Waals surface area contributed by atoms with Gasteiger partial charge in [0.2, 0.25) is 0 Å². The molecule has 2 fully saturated rings. The minimum Gasteiger partial charge on any atom is -0.373 e. The molecule has 1 aromatic heterocycles. The summed E-state index contributed by atoms with van der Waals surface area (Å²) in [6, 6.07) is 0.672. The fraction of sp³-hybridized carbons (Fsp3) is 0.750. The first-order valence-corrected chi connectivity index (χ1v) is 8.07. The molecule has 0 unspecified atom stereocenters. The zero-order valence-electron chi connectivity index (χ0n) is 12.9. The van der Waals surface area contributed by atoms with Crippen molar-refractivity contribution in [2.45, 2.75) is 64.3 Å². The van der Waals surface area contributed by atoms with E-state index in [1.807, 2.05) is 7.05 Å². The average Bonchev–Trinajstić information content (AvgIpc) is 3.18. The molecule has 0 saturated heterocycles. The molecule has 110 valence electrons. The molecule has 3 rings (SSSR count). The van der Waals surface area contributed by atoms with Crippen molar-refractivity contribution in [1.82, 2.24) is 9.97 Å². The van der Waals surface area contributed by atoms with Crippen molar-refractivity contribution >= 4 is 11.6 Å². The van der Waals surface area contributed by atoms with Crippen molar-refractivity contribution in [3.05, 3.63) is 11.4 Å². The lowest BCUT2D eigenvalue weighted by Gasteiger charge is -2.31. The first kappa shape index (κ1) is 13.7. The van der Waals surface area contributed by atoms with Crippen LogP contribution in [0.2, 0.25) is 0 Å². The molecule has 0 atom stereocenters. The molecule has 4 heteroatoms. The standard InChI is InChI=1S/C16H26N4/c1-4-20(13-7-5-6-8-13)16-11(2)14(17-3)18-15(19-16)12-9-10-12/h12-13H,4-10H2,1-3H3,(H,17,18,19). The normalized spacial score (nSPS) is 19.4. The largest absolute Gasteiger partial charge is 0.373 e. The highest BCUT2D eigenvalue weighted by Gasteiger charge is 2.30. The fourth-order valence-corrected chi connectivity index (χ4v) is 3.37. The summed E-state index contributed by atoms with van der Waals surface area (Å²) in [6.45, 7) is 5.43. The molecule has 0 radical (unpaired) electrons. The Labute approximate surface area is 122 Å². The van der Waals surface area contributed by atoms with E-state index in [2.05, 4.69) is 24.1 Å². The second-order valence-electron chi connectivity index (χ2n) is 6.13. The number of nitrogens with zero attached hydrogens (tertiary/aromatic N) is 3. The van der Waals surface area contributed by atoms with E-state index < -0.39 is 0 Å². The van der Waals surface area contributed by atoms with E-state index in [-0.39, 0.29) is 0 Å². The highest BCUT2D eigenvalue weighted by molar-refractivity contribution is 5.59. The predicted octanol–water partition coefficient (Wildman–Crippen LogP) is 3.47. The topological polar surface area (TPSA) is 41.1 Å². The van der Waals surface area contributed by atoms with Crippen molar-refractivity contribution in [2.75, 3.05) is 23.8 Å². The van der Waals surface area contributed by atoms with Crippen LogP contribution in [0, 0.1) is 6.92 Å². The van der Waals surface area contributed by atoms with Crippen molar-refractivity contribution in [3.63, 3.8) is 0 Å². The molecule has 0 spiro atoms. The van der Waals surface area contributed by atoms with Gasteiger partial charge in [0.1, 0.15) is 17.5 Å². The van der Waals surface area contributed by atoms with Gasteiger partial charge in [-0.3, -0.25) is 0 Å². The maximum absolute atomic E-state index is 4.93. The molecule has 0 aromatic carbocycles. The Morgan fingerprint density at radius 3 is 2.40 bits per heavy atom. The van der Waals surface area contributed by atoms with Gasteiger partial charge in [0.25, 0.3) is 0 Å². The van der Waals surface area contributed by atoms with Crippen molar-refractivity contribution in [3.8, 4) is 0 Å². The van der Waals surface area contributed by atoms with Gasteiger partial charge in [0.15, 0.2) is 0 Å². The SMILES string of the molecule is CCN(c1nc(C2CC2)nc(NC)c1C)C1CCCC1. The number of aromatic nitrogens is 2. The van der Waals surface area contributed by atoms with Crippen molar-refractivity contribution < 1.29 is 0 Å². The molecule has 1 heterocycles. The van der Waals surface area contributed by atoms with Crippen molar-refractivity contribution in [2.24, 2.45) is 0 Å². The summed E-state index contributed by atoms with van der Waals surface area (Å²) in [4.78, 5) is 12.2. The summed E-state index contributed by atoms with van der Waals surface area (Å²) < 4.78 is 0. The first-order chi connectivity index (χ1) is 9.74. The smallest absolute Gasteiger partial charge is 0.137 e. The lowest BCUT2D eigenvalue weighted by Crippen LogP contribution is -2.34. The van der Waals surface area contributed by atoms with Crippen LogP contribution in [0.25, 0.3) is 0 Å². The number of rotatable bonds is 5. The summed E-state index contributed by atoms with van der Waals surface area (Å²) >= 11 is 0. The van der Waals surface area contributed by atoms with Gasteiger partial charge in [-0.25, -0.2) is 9.97 Å². The Morgan fingerprint density at radius 2 is 1.85 bits per heavy atom. The summed E-state index contributed by atoms with van der Waals surface area (Å²) in [5.41, 5.74) is 1.20. The van der Waals surface area contributed by atoms with Crippen LogP contribution < -0.4 is 10.2 Å². The van der Waals surface area contributed by atoms with Crippen LogP contribution in [-0.2, 0) is 0 Å². The summed E-state index contributed by atoms with van der Waals surface area (Å²) in [6.07, 6.45) is 7.84. The average molecular weight is 274 g/mol. The molecule has 0 bridgehead atoms. The number of anilines is 2. The molecule has 20 heavy (non-hydrogen) atoms. The molecular formula is C16H26N4. The first-order valence-electron chi connectivity index (χ1n) is 8.07. The van der Waals surface area contributed by atoms with Gasteiger partial charge in [-0.15, -0.1) is 0 Å². The van der Waals surface area contributed by atoms with E-state index in [9.17, 15) is 0 Å². The van der Waals surface area contributed by atoms with E-state index in [0.29, 0.717) is 12.0 Å². The number of nitrogens with one attached hydrogen (secondary N) is 1. The Morgan fingerprint density at radius 1 is 1.15 bits per heavy atom. The van der Waals surface area contributed by atoms with Crippen LogP contribution in [-0.4, -0.2) is 29.6 Å². The molecule has 0 aliphatic heterocycles. The van der Waals surface area contributed by atoms with Crippen LogP contribution in [0.4, 0.5) is 11.6 Å². The maximum atomic E-state index is 4.93. The fourth-order valence-electron chi connectivity index (χ4n) is 3.37. The second-order valence-corrected chi connectivity index (χ2v) is 6.13. The molecule has 2 saturated carbocycles. The van der Waals surface area contributed by atoms with Crippen LogP contribution in [0.5, 0.6) is 0 Å². The summed E-state index contributed by atoms with van der Waals surface area (Å²) in [5, 5.41) is 3.25. The monoisotopic (exact) mass is 274 g/mol. The highest BCUT2D eigenvalue weighted by atomic mass is 15.2. The zero-order chi connectivity index (χ0) is 14.1. The third kappa shape index (κ3) is 2.48. The second kappa shape index (κ2) is 5.58. The van der Waals surface area contributed by atoms with Gasteiger partial charge in [0, 0.05) is 31.1 Å². The van der Waals surface area contributed by atoms with Gasteiger partial charge in [-0.05, 0) is 39.5 Å². The number of hydrogen-bond acceptors (Lipinski definition) is 4. The maximum Gasteiger partial charge on any atom is 0.137 e. The molecular weight excluding hydrogens is 248 g/mol. The lowest BCUT2D eigenvalue weighted by molar-refractivity contribution is 0.609. The van der Waals surface area contributed by atoms with Gasteiger partial charge in [0.05, 0.1) is 0 Å². The van der Waals surface area contributed by atoms with E-state index in [4.69, 9.17) is 9.97 Å². The van der Waals surface area contributed by atoms with Gasteiger partial charge < -0.3 is 10.2 Å².